The molecule has 1 amide bonds. The molecule has 1 N–H and O–H groups in total. The van der Waals surface area contributed by atoms with Crippen LogP contribution in [0.4, 0.5) is 0 Å². The number of nitrogens with zero attached hydrogens (tertiary/aromatic N) is 1. The van der Waals surface area contributed by atoms with Gasteiger partial charge in [0.15, 0.2) is 0 Å². The summed E-state index contributed by atoms with van der Waals surface area (Å²) in [5, 5.41) is 2.96. The lowest BCUT2D eigenvalue weighted by Crippen LogP contribution is -2.44. The molecule has 3 rings (SSSR count). The maximum atomic E-state index is 12.6. The lowest BCUT2D eigenvalue weighted by molar-refractivity contribution is -0.126. The van der Waals surface area contributed by atoms with Gasteiger partial charge in [-0.2, -0.15) is 0 Å². The van der Waals surface area contributed by atoms with Crippen molar-refractivity contribution in [1.29, 1.82) is 0 Å². The van der Waals surface area contributed by atoms with E-state index in [2.05, 4.69) is 5.32 Å². The zero-order valence-corrected chi connectivity index (χ0v) is 16.1. The number of sulfonamides is 1. The lowest BCUT2D eigenvalue weighted by Gasteiger charge is -2.30. The number of hydrogen-bond donors (Lipinski definition) is 1. The third-order valence-electron chi connectivity index (χ3n) is 5.22. The summed E-state index contributed by atoms with van der Waals surface area (Å²) in [5.74, 6) is -0.0679. The highest BCUT2D eigenvalue weighted by atomic mass is 32.2. The van der Waals surface area contributed by atoms with Gasteiger partial charge in [0.25, 0.3) is 0 Å². The van der Waals surface area contributed by atoms with Crippen molar-refractivity contribution in [2.24, 2.45) is 5.92 Å². The summed E-state index contributed by atoms with van der Waals surface area (Å²) in [5.41, 5.74) is 1.91. The maximum absolute atomic E-state index is 12.6. The number of hydrogen-bond acceptors (Lipinski definition) is 4. The molecule has 0 aliphatic carbocycles. The molecule has 0 saturated carbocycles. The summed E-state index contributed by atoms with van der Waals surface area (Å²) >= 11 is 0. The summed E-state index contributed by atoms with van der Waals surface area (Å²) in [6.07, 6.45) is 3.33. The van der Waals surface area contributed by atoms with Gasteiger partial charge in [0.2, 0.25) is 15.9 Å². The molecular weight excluding hydrogens is 352 g/mol. The first-order chi connectivity index (χ1) is 12.4. The van der Waals surface area contributed by atoms with Crippen LogP contribution in [0.3, 0.4) is 0 Å². The first-order valence-electron chi connectivity index (χ1n) is 9.37. The van der Waals surface area contributed by atoms with Gasteiger partial charge in [0.1, 0.15) is 0 Å². The van der Waals surface area contributed by atoms with E-state index in [4.69, 9.17) is 4.74 Å². The fourth-order valence-electron chi connectivity index (χ4n) is 3.55. The summed E-state index contributed by atoms with van der Waals surface area (Å²) < 4.78 is 32.3. The van der Waals surface area contributed by atoms with Crippen molar-refractivity contribution in [3.8, 4) is 0 Å². The van der Waals surface area contributed by atoms with E-state index in [0.29, 0.717) is 32.5 Å². The van der Waals surface area contributed by atoms with Crippen LogP contribution < -0.4 is 5.32 Å². The number of amides is 1. The molecule has 0 bridgehead atoms. The van der Waals surface area contributed by atoms with Crippen molar-refractivity contribution < 1.29 is 17.9 Å². The quantitative estimate of drug-likeness (QED) is 0.817. The Morgan fingerprint density at radius 3 is 2.50 bits per heavy atom. The van der Waals surface area contributed by atoms with Crippen LogP contribution in [0.1, 0.15) is 36.8 Å². The fourth-order valence-corrected chi connectivity index (χ4v) is 5.11. The van der Waals surface area contributed by atoms with Crippen molar-refractivity contribution in [1.82, 2.24) is 9.62 Å². The van der Waals surface area contributed by atoms with Crippen molar-refractivity contribution >= 4 is 15.9 Å². The van der Waals surface area contributed by atoms with Gasteiger partial charge in [-0.3, -0.25) is 4.79 Å². The highest BCUT2D eigenvalue weighted by Crippen LogP contribution is 2.22. The molecule has 2 saturated heterocycles. The predicted octanol–water partition coefficient (Wildman–Crippen LogP) is 1.83. The first kappa shape index (κ1) is 19.3. The molecule has 2 aliphatic heterocycles. The molecule has 2 aliphatic rings. The van der Waals surface area contributed by atoms with Gasteiger partial charge in [-0.15, -0.1) is 0 Å². The number of rotatable bonds is 6. The van der Waals surface area contributed by atoms with Crippen LogP contribution in [0.5, 0.6) is 0 Å². The molecule has 0 radical (unpaired) electrons. The Hall–Kier alpha value is -1.44. The third-order valence-corrected chi connectivity index (χ3v) is 7.07. The number of ether oxygens (including phenoxy) is 1. The zero-order valence-electron chi connectivity index (χ0n) is 15.3. The first-order valence-corrected chi connectivity index (χ1v) is 11.0. The Balaban J connectivity index is 1.47. The van der Waals surface area contributed by atoms with Crippen molar-refractivity contribution in [2.45, 2.75) is 44.5 Å². The van der Waals surface area contributed by atoms with E-state index in [-0.39, 0.29) is 23.7 Å². The molecule has 7 heteroatoms. The van der Waals surface area contributed by atoms with E-state index in [1.165, 1.54) is 4.31 Å². The van der Waals surface area contributed by atoms with Gasteiger partial charge in [-0.1, -0.05) is 29.8 Å². The summed E-state index contributed by atoms with van der Waals surface area (Å²) in [7, 11) is -3.34. The molecule has 0 spiro atoms. The second-order valence-electron chi connectivity index (χ2n) is 7.30. The summed E-state index contributed by atoms with van der Waals surface area (Å²) in [4.78, 5) is 12.3. The summed E-state index contributed by atoms with van der Waals surface area (Å²) in [6.45, 7) is 4.13. The van der Waals surface area contributed by atoms with Gasteiger partial charge >= 0.3 is 0 Å². The monoisotopic (exact) mass is 380 g/mol. The Kier molecular flexibility index (Phi) is 6.32. The average molecular weight is 381 g/mol. The number of benzene rings is 1. The lowest BCUT2D eigenvalue weighted by atomic mass is 9.97. The van der Waals surface area contributed by atoms with Gasteiger partial charge in [-0.05, 0) is 38.2 Å². The molecule has 144 valence electrons. The average Bonchev–Trinajstić information content (AvgIpc) is 3.15. The molecule has 6 nitrogen and oxygen atoms in total. The Morgan fingerprint density at radius 1 is 1.19 bits per heavy atom. The second kappa shape index (κ2) is 8.50. The van der Waals surface area contributed by atoms with Gasteiger partial charge in [0, 0.05) is 32.2 Å². The highest BCUT2D eigenvalue weighted by Gasteiger charge is 2.31. The van der Waals surface area contributed by atoms with Crippen LogP contribution in [0.15, 0.2) is 24.3 Å². The largest absolute Gasteiger partial charge is 0.376 e. The van der Waals surface area contributed by atoms with Gasteiger partial charge < -0.3 is 10.1 Å². The Labute approximate surface area is 156 Å². The van der Waals surface area contributed by atoms with Crippen molar-refractivity contribution in [2.75, 3.05) is 26.2 Å². The molecule has 0 aromatic heterocycles. The fraction of sp³-hybridized carbons (Fsp3) is 0.632. The number of piperidine rings is 1. The van der Waals surface area contributed by atoms with Crippen LogP contribution in [0, 0.1) is 12.8 Å². The van der Waals surface area contributed by atoms with E-state index in [0.717, 1.165) is 30.6 Å². The van der Waals surface area contributed by atoms with E-state index in [9.17, 15) is 13.2 Å². The van der Waals surface area contributed by atoms with E-state index >= 15 is 0 Å². The molecule has 1 atom stereocenters. The normalized spacial score (nSPS) is 22.4. The Bertz CT molecular complexity index is 704. The maximum Gasteiger partial charge on any atom is 0.223 e. The molecular formula is C19H28N2O4S. The van der Waals surface area contributed by atoms with E-state index in [1.54, 1.807) is 0 Å². The molecule has 2 fully saturated rings. The molecule has 0 unspecified atom stereocenters. The molecule has 2 heterocycles. The molecule has 1 aromatic carbocycles. The van der Waals surface area contributed by atoms with Crippen molar-refractivity contribution in [3.63, 3.8) is 0 Å². The van der Waals surface area contributed by atoms with Crippen LogP contribution in [0.25, 0.3) is 0 Å². The zero-order chi connectivity index (χ0) is 18.6. The molecule has 1 aromatic rings. The predicted molar refractivity (Wildman–Crippen MR) is 100 cm³/mol. The highest BCUT2D eigenvalue weighted by molar-refractivity contribution is 7.88. The SMILES string of the molecule is Cc1ccc(CS(=O)(=O)N2CCC(C(=O)NC[C@@H]3CCCO3)CC2)cc1. The smallest absolute Gasteiger partial charge is 0.223 e. The van der Waals surface area contributed by atoms with Crippen molar-refractivity contribution in [3.05, 3.63) is 35.4 Å². The van der Waals surface area contributed by atoms with Crippen LogP contribution in [0.2, 0.25) is 0 Å². The second-order valence-corrected chi connectivity index (χ2v) is 9.26. The number of aryl methyl sites for hydroxylation is 1. The topological polar surface area (TPSA) is 75.7 Å². The number of carbonyl (C=O) groups is 1. The van der Waals surface area contributed by atoms with Crippen LogP contribution in [-0.4, -0.2) is 51.0 Å². The Morgan fingerprint density at radius 2 is 1.88 bits per heavy atom. The standard InChI is InChI=1S/C19H28N2O4S/c1-15-4-6-16(7-5-15)14-26(23,24)21-10-8-17(9-11-21)19(22)20-13-18-3-2-12-25-18/h4-7,17-18H,2-3,8-14H2,1H3,(H,20,22)/t18-/m0/s1. The number of nitrogens with one attached hydrogen (secondary N) is 1. The van der Waals surface area contributed by atoms with Gasteiger partial charge in [0.05, 0.1) is 11.9 Å². The van der Waals surface area contributed by atoms with E-state index < -0.39 is 10.0 Å². The minimum Gasteiger partial charge on any atom is -0.376 e. The minimum atomic E-state index is -3.34. The van der Waals surface area contributed by atoms with Crippen LogP contribution >= 0.6 is 0 Å². The van der Waals surface area contributed by atoms with Crippen LogP contribution in [-0.2, 0) is 25.3 Å². The molecule has 26 heavy (non-hydrogen) atoms. The number of carbonyl (C=O) groups excluding carboxylic acids is 1. The summed E-state index contributed by atoms with van der Waals surface area (Å²) in [6, 6.07) is 7.57. The minimum absolute atomic E-state index is 0.0170. The van der Waals surface area contributed by atoms with Gasteiger partial charge in [-0.25, -0.2) is 12.7 Å². The van der Waals surface area contributed by atoms with E-state index in [1.807, 2.05) is 31.2 Å². The third kappa shape index (κ3) is 5.05.